The number of nitrogens with zero attached hydrogens (tertiary/aromatic N) is 1. The van der Waals surface area contributed by atoms with E-state index in [2.05, 4.69) is 15.5 Å². The first kappa shape index (κ1) is 12.4. The lowest BCUT2D eigenvalue weighted by atomic mass is 10.2. The molecule has 5 nitrogen and oxygen atoms in total. The smallest absolute Gasteiger partial charge is 0.255 e. The minimum Gasteiger partial charge on any atom is -0.399 e. The zero-order valence-corrected chi connectivity index (χ0v) is 10.8. The Hall–Kier alpha value is -2.01. The van der Waals surface area contributed by atoms with E-state index in [9.17, 15) is 4.79 Å². The number of hydrogen-bond donors (Lipinski definition) is 3. The summed E-state index contributed by atoms with van der Waals surface area (Å²) in [5.41, 5.74) is 8.73. The predicted octanol–water partition coefficient (Wildman–Crippen LogP) is 2.51. The molecule has 1 aromatic carbocycles. The summed E-state index contributed by atoms with van der Waals surface area (Å²) in [4.78, 5) is 12.1. The molecule has 0 radical (unpaired) electrons. The van der Waals surface area contributed by atoms with Crippen LogP contribution in [0.25, 0.3) is 0 Å². The molecule has 0 bridgehead atoms. The van der Waals surface area contributed by atoms with E-state index in [1.54, 1.807) is 18.2 Å². The summed E-state index contributed by atoms with van der Waals surface area (Å²) in [6.07, 6.45) is 0. The van der Waals surface area contributed by atoms with Crippen molar-refractivity contribution in [1.29, 1.82) is 0 Å². The number of nitrogen functional groups attached to an aromatic ring is 1. The number of nitrogens with two attached hydrogens (primary N) is 1. The molecule has 1 amide bonds. The maximum Gasteiger partial charge on any atom is 0.255 e. The molecule has 0 spiro atoms. The summed E-state index contributed by atoms with van der Waals surface area (Å²) in [5, 5.41) is 10.0. The number of halogens is 1. The number of nitrogens with one attached hydrogen (secondary N) is 2. The van der Waals surface area contributed by atoms with Gasteiger partial charge < -0.3 is 11.1 Å². The van der Waals surface area contributed by atoms with Gasteiger partial charge in [-0.2, -0.15) is 5.10 Å². The van der Waals surface area contributed by atoms with Crippen LogP contribution in [0.5, 0.6) is 0 Å². The van der Waals surface area contributed by atoms with Gasteiger partial charge in [0.15, 0.2) is 0 Å². The quantitative estimate of drug-likeness (QED) is 0.729. The third kappa shape index (κ3) is 2.46. The summed E-state index contributed by atoms with van der Waals surface area (Å²) in [5.74, 6) is -0.267. The van der Waals surface area contributed by atoms with Crippen molar-refractivity contribution < 1.29 is 4.79 Å². The van der Waals surface area contributed by atoms with Gasteiger partial charge in [-0.3, -0.25) is 9.89 Å². The summed E-state index contributed by atoms with van der Waals surface area (Å²) >= 11 is 5.86. The van der Waals surface area contributed by atoms with Crippen molar-refractivity contribution in [2.24, 2.45) is 0 Å². The summed E-state index contributed by atoms with van der Waals surface area (Å²) in [6, 6.07) is 4.73. The van der Waals surface area contributed by atoms with Crippen LogP contribution in [0.15, 0.2) is 18.2 Å². The Kier molecular flexibility index (Phi) is 3.25. The van der Waals surface area contributed by atoms with Crippen LogP contribution >= 0.6 is 11.6 Å². The van der Waals surface area contributed by atoms with Crippen LogP contribution in [0, 0.1) is 13.8 Å². The molecule has 94 valence electrons. The molecule has 0 unspecified atom stereocenters. The van der Waals surface area contributed by atoms with Gasteiger partial charge in [-0.25, -0.2) is 0 Å². The lowest BCUT2D eigenvalue weighted by Crippen LogP contribution is -2.13. The standard InChI is InChI=1S/C12H13ClN4O/c1-6-11(7(2)17-16-6)15-12(18)8-3-9(13)5-10(14)4-8/h3-5H,14H2,1-2H3,(H,15,18)(H,16,17). The minimum atomic E-state index is -0.267. The Balaban J connectivity index is 2.27. The van der Waals surface area contributed by atoms with Gasteiger partial charge in [0.25, 0.3) is 5.91 Å². The summed E-state index contributed by atoms with van der Waals surface area (Å²) in [7, 11) is 0. The highest BCUT2D eigenvalue weighted by Gasteiger charge is 2.12. The van der Waals surface area contributed by atoms with E-state index in [1.165, 1.54) is 0 Å². The third-order valence-corrected chi connectivity index (χ3v) is 2.77. The number of hydrogen-bond acceptors (Lipinski definition) is 3. The van der Waals surface area contributed by atoms with E-state index in [0.29, 0.717) is 22.0 Å². The van der Waals surface area contributed by atoms with Crippen LogP contribution in [0.1, 0.15) is 21.7 Å². The Bertz CT molecular complexity index is 566. The number of carbonyl (C=O) groups is 1. The van der Waals surface area contributed by atoms with E-state index < -0.39 is 0 Å². The van der Waals surface area contributed by atoms with Crippen molar-refractivity contribution in [2.45, 2.75) is 13.8 Å². The van der Waals surface area contributed by atoms with Crippen LogP contribution in [0.2, 0.25) is 5.02 Å². The normalized spacial score (nSPS) is 10.4. The summed E-state index contributed by atoms with van der Waals surface area (Å²) in [6.45, 7) is 3.65. The SMILES string of the molecule is Cc1n[nH]c(C)c1NC(=O)c1cc(N)cc(Cl)c1. The Morgan fingerprint density at radius 3 is 2.67 bits per heavy atom. The van der Waals surface area contributed by atoms with Crippen molar-refractivity contribution in [3.05, 3.63) is 40.2 Å². The van der Waals surface area contributed by atoms with E-state index in [0.717, 1.165) is 11.4 Å². The van der Waals surface area contributed by atoms with Crippen molar-refractivity contribution in [3.8, 4) is 0 Å². The molecule has 1 aromatic heterocycles. The number of anilines is 2. The molecule has 0 saturated heterocycles. The number of aryl methyl sites for hydroxylation is 2. The second kappa shape index (κ2) is 4.70. The molecule has 0 aliphatic rings. The maximum atomic E-state index is 12.1. The second-order valence-corrected chi connectivity index (χ2v) is 4.47. The van der Waals surface area contributed by atoms with Gasteiger partial charge in [0.2, 0.25) is 0 Å². The molecule has 0 aliphatic carbocycles. The van der Waals surface area contributed by atoms with E-state index >= 15 is 0 Å². The number of amides is 1. The van der Waals surface area contributed by atoms with Gasteiger partial charge >= 0.3 is 0 Å². The largest absolute Gasteiger partial charge is 0.399 e. The average Bonchev–Trinajstić information content (AvgIpc) is 2.59. The molecule has 6 heteroatoms. The number of carbonyl (C=O) groups excluding carboxylic acids is 1. The minimum absolute atomic E-state index is 0.267. The molecule has 2 rings (SSSR count). The molecule has 4 N–H and O–H groups in total. The van der Waals surface area contributed by atoms with Gasteiger partial charge in [-0.15, -0.1) is 0 Å². The fourth-order valence-electron chi connectivity index (χ4n) is 1.66. The first-order valence-corrected chi connectivity index (χ1v) is 5.74. The van der Waals surface area contributed by atoms with Crippen LogP contribution in [-0.2, 0) is 0 Å². The molecule has 1 heterocycles. The fourth-order valence-corrected chi connectivity index (χ4v) is 1.91. The molecule has 0 atom stereocenters. The highest BCUT2D eigenvalue weighted by atomic mass is 35.5. The van der Waals surface area contributed by atoms with Crippen LogP contribution in [0.3, 0.4) is 0 Å². The van der Waals surface area contributed by atoms with E-state index in [4.69, 9.17) is 17.3 Å². The number of rotatable bonds is 2. The molecule has 0 saturated carbocycles. The zero-order chi connectivity index (χ0) is 13.3. The molecule has 0 aliphatic heterocycles. The van der Waals surface area contributed by atoms with Crippen molar-refractivity contribution in [2.75, 3.05) is 11.1 Å². The summed E-state index contributed by atoms with van der Waals surface area (Å²) < 4.78 is 0. The third-order valence-electron chi connectivity index (χ3n) is 2.55. The zero-order valence-electron chi connectivity index (χ0n) is 10.0. The Morgan fingerprint density at radius 2 is 2.11 bits per heavy atom. The van der Waals surface area contributed by atoms with Crippen LogP contribution < -0.4 is 11.1 Å². The van der Waals surface area contributed by atoms with Gasteiger partial charge in [-0.05, 0) is 32.0 Å². The molecular weight excluding hydrogens is 252 g/mol. The average molecular weight is 265 g/mol. The van der Waals surface area contributed by atoms with Crippen molar-refractivity contribution in [3.63, 3.8) is 0 Å². The fraction of sp³-hybridized carbons (Fsp3) is 0.167. The number of H-pyrrole nitrogens is 1. The van der Waals surface area contributed by atoms with Gasteiger partial charge in [-0.1, -0.05) is 11.6 Å². The lowest BCUT2D eigenvalue weighted by Gasteiger charge is -2.06. The molecular formula is C12H13ClN4O. The van der Waals surface area contributed by atoms with Crippen molar-refractivity contribution in [1.82, 2.24) is 10.2 Å². The van der Waals surface area contributed by atoms with Crippen LogP contribution in [-0.4, -0.2) is 16.1 Å². The second-order valence-electron chi connectivity index (χ2n) is 4.04. The maximum absolute atomic E-state index is 12.1. The van der Waals surface area contributed by atoms with Crippen molar-refractivity contribution >= 4 is 28.9 Å². The van der Waals surface area contributed by atoms with Gasteiger partial charge in [0, 0.05) is 16.3 Å². The number of benzene rings is 1. The van der Waals surface area contributed by atoms with E-state index in [-0.39, 0.29) is 5.91 Å². The van der Waals surface area contributed by atoms with Gasteiger partial charge in [0.1, 0.15) is 0 Å². The molecule has 2 aromatic rings. The van der Waals surface area contributed by atoms with Crippen LogP contribution in [0.4, 0.5) is 11.4 Å². The Labute approximate surface area is 109 Å². The van der Waals surface area contributed by atoms with Gasteiger partial charge in [0.05, 0.1) is 17.1 Å². The monoisotopic (exact) mass is 264 g/mol. The first-order valence-electron chi connectivity index (χ1n) is 5.36. The number of aromatic amines is 1. The highest BCUT2D eigenvalue weighted by molar-refractivity contribution is 6.31. The van der Waals surface area contributed by atoms with E-state index in [1.807, 2.05) is 13.8 Å². The Morgan fingerprint density at radius 1 is 1.39 bits per heavy atom. The molecule has 18 heavy (non-hydrogen) atoms. The first-order chi connectivity index (χ1) is 8.47. The molecule has 0 fully saturated rings. The lowest BCUT2D eigenvalue weighted by molar-refractivity contribution is 0.102. The predicted molar refractivity (Wildman–Crippen MR) is 71.9 cm³/mol. The number of aromatic nitrogens is 2. The highest BCUT2D eigenvalue weighted by Crippen LogP contribution is 2.20. The topological polar surface area (TPSA) is 83.8 Å².